The van der Waals surface area contributed by atoms with Gasteiger partial charge >= 0.3 is 0 Å². The molecule has 0 saturated heterocycles. The molecule has 0 spiro atoms. The first kappa shape index (κ1) is 13.9. The highest BCUT2D eigenvalue weighted by Gasteiger charge is 2.10. The van der Waals surface area contributed by atoms with Crippen LogP contribution in [0, 0.1) is 0 Å². The summed E-state index contributed by atoms with van der Waals surface area (Å²) in [4.78, 5) is 4.31. The largest absolute Gasteiger partial charge is 0.387 e. The lowest BCUT2D eigenvalue weighted by molar-refractivity contribution is 0.172. The predicted octanol–water partition coefficient (Wildman–Crippen LogP) is 2.62. The Balaban J connectivity index is 1.52. The van der Waals surface area contributed by atoms with Crippen LogP contribution in [0.3, 0.4) is 0 Å². The fourth-order valence-corrected chi connectivity index (χ4v) is 2.58. The van der Waals surface area contributed by atoms with E-state index in [0.717, 1.165) is 11.1 Å². The van der Waals surface area contributed by atoms with E-state index >= 15 is 0 Å². The number of aliphatic hydroxyl groups is 1. The van der Waals surface area contributed by atoms with Gasteiger partial charge in [-0.3, -0.25) is 0 Å². The van der Waals surface area contributed by atoms with Crippen LogP contribution in [-0.2, 0) is 6.54 Å². The summed E-state index contributed by atoms with van der Waals surface area (Å²) in [6.45, 7) is 0.862. The van der Waals surface area contributed by atoms with Crippen molar-refractivity contribution in [3.05, 3.63) is 58.6 Å². The van der Waals surface area contributed by atoms with E-state index in [1.54, 1.807) is 11.3 Å². The Kier molecular flexibility index (Phi) is 4.40. The predicted molar refractivity (Wildman–Crippen MR) is 80.7 cm³/mol. The van der Waals surface area contributed by atoms with Crippen LogP contribution in [0.1, 0.15) is 17.6 Å². The van der Waals surface area contributed by atoms with Gasteiger partial charge in [0.1, 0.15) is 0 Å². The molecule has 0 radical (unpaired) electrons. The highest BCUT2D eigenvalue weighted by atomic mass is 32.1. The topological polar surface area (TPSA) is 71.2 Å². The van der Waals surface area contributed by atoms with Crippen LogP contribution < -0.4 is 5.32 Å². The molecule has 3 aromatic rings. The Bertz CT molecular complexity index is 667. The van der Waals surface area contributed by atoms with Crippen LogP contribution in [0.5, 0.6) is 0 Å². The van der Waals surface area contributed by atoms with Crippen molar-refractivity contribution in [2.45, 2.75) is 12.6 Å². The number of hydrogen-bond acceptors (Lipinski definition) is 6. The second kappa shape index (κ2) is 6.62. The third-order valence-electron chi connectivity index (χ3n) is 3.05. The highest BCUT2D eigenvalue weighted by Crippen LogP contribution is 2.18. The molecule has 108 valence electrons. The summed E-state index contributed by atoms with van der Waals surface area (Å²) < 4.78 is 5.18. The van der Waals surface area contributed by atoms with Crippen molar-refractivity contribution in [3.8, 4) is 11.4 Å². The molecule has 21 heavy (non-hydrogen) atoms. The van der Waals surface area contributed by atoms with Crippen molar-refractivity contribution in [1.29, 1.82) is 0 Å². The van der Waals surface area contributed by atoms with Gasteiger partial charge in [0.2, 0.25) is 11.7 Å². The van der Waals surface area contributed by atoms with Gasteiger partial charge in [0.15, 0.2) is 0 Å². The van der Waals surface area contributed by atoms with Gasteiger partial charge in [-0.05, 0) is 17.0 Å². The first-order chi connectivity index (χ1) is 10.3. The van der Waals surface area contributed by atoms with Crippen LogP contribution in [0.4, 0.5) is 0 Å². The number of rotatable bonds is 6. The Morgan fingerprint density at radius 1 is 1.24 bits per heavy atom. The monoisotopic (exact) mass is 301 g/mol. The highest BCUT2D eigenvalue weighted by molar-refractivity contribution is 7.08. The minimum absolute atomic E-state index is 0.431. The SMILES string of the molecule is OC(CNCc1nc(-c2ccsc2)no1)c1ccccc1. The summed E-state index contributed by atoms with van der Waals surface area (Å²) in [7, 11) is 0. The summed E-state index contributed by atoms with van der Waals surface area (Å²) in [5, 5.41) is 21.0. The smallest absolute Gasteiger partial charge is 0.240 e. The number of nitrogens with zero attached hydrogens (tertiary/aromatic N) is 2. The molecular formula is C15H15N3O2S. The zero-order valence-electron chi connectivity index (χ0n) is 11.3. The molecule has 0 aliphatic carbocycles. The maximum atomic E-state index is 10.0. The first-order valence-electron chi connectivity index (χ1n) is 6.62. The van der Waals surface area contributed by atoms with Crippen molar-refractivity contribution in [1.82, 2.24) is 15.5 Å². The number of aromatic nitrogens is 2. The molecule has 5 nitrogen and oxygen atoms in total. The minimum atomic E-state index is -0.550. The van der Waals surface area contributed by atoms with Gasteiger partial charge in [-0.25, -0.2) is 0 Å². The average molecular weight is 301 g/mol. The lowest BCUT2D eigenvalue weighted by Crippen LogP contribution is -2.21. The normalized spacial score (nSPS) is 12.4. The van der Waals surface area contributed by atoms with Gasteiger partial charge in [0.25, 0.3) is 0 Å². The first-order valence-corrected chi connectivity index (χ1v) is 7.56. The standard InChI is InChI=1S/C15H15N3O2S/c19-13(11-4-2-1-3-5-11)8-16-9-14-17-15(18-20-14)12-6-7-21-10-12/h1-7,10,13,16,19H,8-9H2. The van der Waals surface area contributed by atoms with E-state index in [9.17, 15) is 5.11 Å². The molecule has 0 aliphatic heterocycles. The number of benzene rings is 1. The molecular weight excluding hydrogens is 286 g/mol. The molecule has 6 heteroatoms. The molecule has 1 unspecified atom stereocenters. The third kappa shape index (κ3) is 3.55. The number of nitrogens with one attached hydrogen (secondary N) is 1. The maximum Gasteiger partial charge on any atom is 0.240 e. The fraction of sp³-hybridized carbons (Fsp3) is 0.200. The van der Waals surface area contributed by atoms with E-state index < -0.39 is 6.10 Å². The van der Waals surface area contributed by atoms with Gasteiger partial charge < -0.3 is 14.9 Å². The molecule has 2 aromatic heterocycles. The van der Waals surface area contributed by atoms with Crippen molar-refractivity contribution in [3.63, 3.8) is 0 Å². The molecule has 1 aromatic carbocycles. The van der Waals surface area contributed by atoms with Crippen LogP contribution in [0.15, 0.2) is 51.7 Å². The molecule has 0 amide bonds. The summed E-state index contributed by atoms with van der Waals surface area (Å²) in [5.41, 5.74) is 1.84. The molecule has 2 N–H and O–H groups in total. The van der Waals surface area contributed by atoms with Gasteiger partial charge in [-0.15, -0.1) is 0 Å². The fourth-order valence-electron chi connectivity index (χ4n) is 1.94. The van der Waals surface area contributed by atoms with E-state index in [4.69, 9.17) is 4.52 Å². The second-order valence-corrected chi connectivity index (χ2v) is 5.36. The lowest BCUT2D eigenvalue weighted by Gasteiger charge is -2.10. The van der Waals surface area contributed by atoms with Crippen molar-refractivity contribution < 1.29 is 9.63 Å². The minimum Gasteiger partial charge on any atom is -0.387 e. The molecule has 0 fully saturated rings. The Morgan fingerprint density at radius 2 is 2.10 bits per heavy atom. The lowest BCUT2D eigenvalue weighted by atomic mass is 10.1. The zero-order valence-corrected chi connectivity index (χ0v) is 12.1. The summed E-state index contributed by atoms with van der Waals surface area (Å²) in [5.74, 6) is 1.10. The Hall–Kier alpha value is -2.02. The van der Waals surface area contributed by atoms with E-state index in [-0.39, 0.29) is 0 Å². The van der Waals surface area contributed by atoms with E-state index in [0.29, 0.717) is 24.8 Å². The van der Waals surface area contributed by atoms with E-state index in [2.05, 4.69) is 15.5 Å². The second-order valence-electron chi connectivity index (χ2n) is 4.58. The third-order valence-corrected chi connectivity index (χ3v) is 3.73. The Morgan fingerprint density at radius 3 is 2.86 bits per heavy atom. The molecule has 3 rings (SSSR count). The van der Waals surface area contributed by atoms with E-state index in [1.165, 1.54) is 0 Å². The average Bonchev–Trinajstić information content (AvgIpc) is 3.19. The number of thiophene rings is 1. The van der Waals surface area contributed by atoms with Crippen molar-refractivity contribution in [2.24, 2.45) is 0 Å². The van der Waals surface area contributed by atoms with Gasteiger partial charge in [-0.1, -0.05) is 35.5 Å². The van der Waals surface area contributed by atoms with Crippen LogP contribution in [-0.4, -0.2) is 21.8 Å². The molecule has 0 bridgehead atoms. The van der Waals surface area contributed by atoms with Gasteiger partial charge in [-0.2, -0.15) is 16.3 Å². The molecule has 2 heterocycles. The summed E-state index contributed by atoms with van der Waals surface area (Å²) >= 11 is 1.59. The molecule has 1 atom stereocenters. The van der Waals surface area contributed by atoms with Crippen LogP contribution in [0.25, 0.3) is 11.4 Å². The van der Waals surface area contributed by atoms with Gasteiger partial charge in [0, 0.05) is 17.5 Å². The zero-order chi connectivity index (χ0) is 14.5. The summed E-state index contributed by atoms with van der Waals surface area (Å²) in [6, 6.07) is 11.5. The van der Waals surface area contributed by atoms with E-state index in [1.807, 2.05) is 47.2 Å². The maximum absolute atomic E-state index is 10.0. The Labute approximate surface area is 126 Å². The van der Waals surface area contributed by atoms with Gasteiger partial charge in [0.05, 0.1) is 12.6 Å². The van der Waals surface area contributed by atoms with Crippen LogP contribution >= 0.6 is 11.3 Å². The van der Waals surface area contributed by atoms with Crippen LogP contribution in [0.2, 0.25) is 0 Å². The number of aliphatic hydroxyl groups excluding tert-OH is 1. The van der Waals surface area contributed by atoms with Crippen molar-refractivity contribution >= 4 is 11.3 Å². The number of hydrogen-bond donors (Lipinski definition) is 2. The van der Waals surface area contributed by atoms with Crippen molar-refractivity contribution in [2.75, 3.05) is 6.54 Å². The molecule has 0 aliphatic rings. The molecule has 0 saturated carbocycles. The summed E-state index contributed by atoms with van der Waals surface area (Å²) in [6.07, 6.45) is -0.550. The quantitative estimate of drug-likeness (QED) is 0.732.